The van der Waals surface area contributed by atoms with Gasteiger partial charge in [0.1, 0.15) is 5.56 Å². The van der Waals surface area contributed by atoms with Crippen LogP contribution in [-0.2, 0) is 0 Å². The van der Waals surface area contributed by atoms with Crippen LogP contribution in [0.15, 0.2) is 24.4 Å². The second-order valence-corrected chi connectivity index (χ2v) is 5.37. The predicted molar refractivity (Wildman–Crippen MR) is 76.0 cm³/mol. The summed E-state index contributed by atoms with van der Waals surface area (Å²) in [4.78, 5) is 22.6. The van der Waals surface area contributed by atoms with Gasteiger partial charge >= 0.3 is 5.97 Å². The van der Waals surface area contributed by atoms with Gasteiger partial charge in [0.15, 0.2) is 0 Å². The first-order chi connectivity index (χ1) is 9.99. The van der Waals surface area contributed by atoms with Crippen LogP contribution in [0.4, 0.5) is 0 Å². The normalized spacial score (nSPS) is 14.1. The molecule has 3 rings (SSSR count). The fraction of sp³-hybridized carbons (Fsp3) is 0.214. The van der Waals surface area contributed by atoms with Crippen molar-refractivity contribution in [3.63, 3.8) is 0 Å². The van der Waals surface area contributed by atoms with Crippen LogP contribution in [0.25, 0.3) is 5.69 Å². The Hall–Kier alpha value is -2.34. The molecule has 0 atom stereocenters. The number of carboxylic acids is 1. The molecule has 1 saturated carbocycles. The summed E-state index contributed by atoms with van der Waals surface area (Å²) >= 11 is 6.16. The molecule has 1 heterocycles. The Morgan fingerprint density at radius 3 is 2.67 bits per heavy atom. The maximum absolute atomic E-state index is 11.3. The zero-order valence-corrected chi connectivity index (χ0v) is 11.7. The lowest BCUT2D eigenvalue weighted by Gasteiger charge is -2.10. The number of amides is 1. The second kappa shape index (κ2) is 4.89. The van der Waals surface area contributed by atoms with Gasteiger partial charge in [-0.1, -0.05) is 11.6 Å². The lowest BCUT2D eigenvalue weighted by Crippen LogP contribution is -2.12. The molecule has 1 amide bonds. The maximum atomic E-state index is 11.3. The predicted octanol–water partition coefficient (Wildman–Crippen LogP) is 2.20. The van der Waals surface area contributed by atoms with Crippen molar-refractivity contribution in [2.45, 2.75) is 18.8 Å². The van der Waals surface area contributed by atoms with E-state index in [4.69, 9.17) is 17.3 Å². The number of halogens is 1. The maximum Gasteiger partial charge on any atom is 0.339 e. The van der Waals surface area contributed by atoms with E-state index in [1.165, 1.54) is 23.0 Å². The smallest absolute Gasteiger partial charge is 0.339 e. The molecule has 0 radical (unpaired) electrons. The minimum Gasteiger partial charge on any atom is -0.478 e. The van der Waals surface area contributed by atoms with Crippen LogP contribution in [-0.4, -0.2) is 26.8 Å². The summed E-state index contributed by atoms with van der Waals surface area (Å²) in [5, 5.41) is 13.8. The highest BCUT2D eigenvalue weighted by Gasteiger charge is 2.33. The van der Waals surface area contributed by atoms with Crippen molar-refractivity contribution in [1.29, 1.82) is 0 Å². The number of aromatic carboxylic acids is 1. The molecular weight excluding hydrogens is 294 g/mol. The van der Waals surface area contributed by atoms with Gasteiger partial charge in [0.2, 0.25) is 5.91 Å². The third-order valence-electron chi connectivity index (χ3n) is 3.46. The number of rotatable bonds is 4. The van der Waals surface area contributed by atoms with Crippen molar-refractivity contribution in [2.24, 2.45) is 5.73 Å². The van der Waals surface area contributed by atoms with Gasteiger partial charge in [-0.25, -0.2) is 9.48 Å². The molecule has 1 aliphatic rings. The summed E-state index contributed by atoms with van der Waals surface area (Å²) in [5.74, 6) is -1.44. The zero-order valence-electron chi connectivity index (χ0n) is 10.9. The molecule has 1 aromatic carbocycles. The van der Waals surface area contributed by atoms with Crippen LogP contribution in [0.3, 0.4) is 0 Å². The number of aromatic nitrogens is 2. The summed E-state index contributed by atoms with van der Waals surface area (Å²) in [7, 11) is 0. The highest BCUT2D eigenvalue weighted by molar-refractivity contribution is 6.32. The van der Waals surface area contributed by atoms with Gasteiger partial charge in [-0.3, -0.25) is 4.79 Å². The molecule has 1 aromatic heterocycles. The Morgan fingerprint density at radius 2 is 2.10 bits per heavy atom. The number of primary amides is 1. The SMILES string of the molecule is NC(=O)c1ccc(Cl)c(-n2ncc(C(=O)O)c2C2CC2)c1. The number of carbonyl (C=O) groups excluding carboxylic acids is 1. The van der Waals surface area contributed by atoms with Gasteiger partial charge < -0.3 is 10.8 Å². The van der Waals surface area contributed by atoms with Crippen molar-refractivity contribution in [3.8, 4) is 5.69 Å². The van der Waals surface area contributed by atoms with Crippen LogP contribution in [0.2, 0.25) is 5.02 Å². The number of nitrogens with two attached hydrogens (primary N) is 1. The lowest BCUT2D eigenvalue weighted by molar-refractivity contribution is 0.0695. The number of hydrogen-bond donors (Lipinski definition) is 2. The molecule has 6 nitrogen and oxygen atoms in total. The van der Waals surface area contributed by atoms with E-state index in [2.05, 4.69) is 5.10 Å². The van der Waals surface area contributed by atoms with Gasteiger partial charge in [0.05, 0.1) is 22.6 Å². The fourth-order valence-electron chi connectivity index (χ4n) is 2.29. The molecule has 1 fully saturated rings. The monoisotopic (exact) mass is 305 g/mol. The van der Waals surface area contributed by atoms with E-state index < -0.39 is 11.9 Å². The van der Waals surface area contributed by atoms with E-state index in [0.29, 0.717) is 22.0 Å². The highest BCUT2D eigenvalue weighted by atomic mass is 35.5. The first-order valence-corrected chi connectivity index (χ1v) is 6.77. The highest BCUT2D eigenvalue weighted by Crippen LogP contribution is 2.43. The topological polar surface area (TPSA) is 98.2 Å². The van der Waals surface area contributed by atoms with Gasteiger partial charge in [-0.2, -0.15) is 5.10 Å². The van der Waals surface area contributed by atoms with Crippen LogP contribution in [0.1, 0.15) is 45.2 Å². The summed E-state index contributed by atoms with van der Waals surface area (Å²) < 4.78 is 1.50. The van der Waals surface area contributed by atoms with Crippen LogP contribution < -0.4 is 5.73 Å². The first kappa shape index (κ1) is 13.6. The number of hydrogen-bond acceptors (Lipinski definition) is 3. The average molecular weight is 306 g/mol. The lowest BCUT2D eigenvalue weighted by atomic mass is 10.1. The molecule has 108 valence electrons. The summed E-state index contributed by atoms with van der Waals surface area (Å²) in [6, 6.07) is 4.59. The number of benzene rings is 1. The largest absolute Gasteiger partial charge is 0.478 e. The van der Waals surface area contributed by atoms with Crippen molar-refractivity contribution in [1.82, 2.24) is 9.78 Å². The molecule has 0 unspecified atom stereocenters. The van der Waals surface area contributed by atoms with E-state index in [9.17, 15) is 14.7 Å². The molecule has 0 spiro atoms. The van der Waals surface area contributed by atoms with Crippen LogP contribution >= 0.6 is 11.6 Å². The minimum absolute atomic E-state index is 0.159. The molecule has 0 bridgehead atoms. The quantitative estimate of drug-likeness (QED) is 0.904. The molecule has 21 heavy (non-hydrogen) atoms. The molecule has 0 aliphatic heterocycles. The fourth-order valence-corrected chi connectivity index (χ4v) is 2.49. The van der Waals surface area contributed by atoms with Crippen molar-refractivity contribution in [2.75, 3.05) is 0 Å². The summed E-state index contributed by atoms with van der Waals surface area (Å²) in [6.07, 6.45) is 3.14. The van der Waals surface area contributed by atoms with Crippen molar-refractivity contribution >= 4 is 23.5 Å². The standard InChI is InChI=1S/C14H12ClN3O3/c15-10-4-3-8(13(16)19)5-11(10)18-12(7-1-2-7)9(6-17-18)14(20)21/h3-7H,1-2H2,(H2,16,19)(H,20,21). The molecule has 7 heteroatoms. The average Bonchev–Trinajstić information content (AvgIpc) is 3.17. The zero-order chi connectivity index (χ0) is 15.1. The van der Waals surface area contributed by atoms with E-state index in [1.54, 1.807) is 6.07 Å². The molecule has 2 aromatic rings. The summed E-state index contributed by atoms with van der Waals surface area (Å²) in [5.41, 5.74) is 6.81. The van der Waals surface area contributed by atoms with Crippen LogP contribution in [0, 0.1) is 0 Å². The summed E-state index contributed by atoms with van der Waals surface area (Å²) in [6.45, 7) is 0. The number of carbonyl (C=O) groups is 2. The van der Waals surface area contributed by atoms with Crippen molar-refractivity contribution in [3.05, 3.63) is 46.2 Å². The molecule has 0 saturated heterocycles. The minimum atomic E-state index is -1.02. The van der Waals surface area contributed by atoms with Gasteiger partial charge in [0, 0.05) is 11.5 Å². The van der Waals surface area contributed by atoms with Crippen molar-refractivity contribution < 1.29 is 14.7 Å². The Balaban J connectivity index is 2.19. The third-order valence-corrected chi connectivity index (χ3v) is 3.78. The third kappa shape index (κ3) is 2.38. The van der Waals surface area contributed by atoms with E-state index in [-0.39, 0.29) is 11.5 Å². The Labute approximate surface area is 125 Å². The number of carboxylic acid groups (broad SMARTS) is 1. The van der Waals surface area contributed by atoms with E-state index in [0.717, 1.165) is 12.8 Å². The second-order valence-electron chi connectivity index (χ2n) is 4.97. The molecular formula is C14H12ClN3O3. The Kier molecular flexibility index (Phi) is 3.17. The molecule has 3 N–H and O–H groups in total. The first-order valence-electron chi connectivity index (χ1n) is 6.40. The van der Waals surface area contributed by atoms with Gasteiger partial charge in [0.25, 0.3) is 0 Å². The van der Waals surface area contributed by atoms with E-state index in [1.807, 2.05) is 0 Å². The van der Waals surface area contributed by atoms with Gasteiger partial charge in [-0.15, -0.1) is 0 Å². The Bertz CT molecular complexity index is 750. The number of nitrogens with zero attached hydrogens (tertiary/aromatic N) is 2. The van der Waals surface area contributed by atoms with E-state index >= 15 is 0 Å². The Morgan fingerprint density at radius 1 is 1.38 bits per heavy atom. The van der Waals surface area contributed by atoms with Crippen LogP contribution in [0.5, 0.6) is 0 Å². The van der Waals surface area contributed by atoms with Gasteiger partial charge in [-0.05, 0) is 31.0 Å². The molecule has 1 aliphatic carbocycles.